The number of hydrogen-bond acceptors (Lipinski definition) is 2. The fraction of sp³-hybridized carbons (Fsp3) is 0.533. The van der Waals surface area contributed by atoms with Crippen molar-refractivity contribution in [2.45, 2.75) is 32.7 Å². The van der Waals surface area contributed by atoms with E-state index in [1.165, 1.54) is 5.56 Å². The average molecular weight is 231 g/mol. The van der Waals surface area contributed by atoms with Gasteiger partial charge in [-0.05, 0) is 18.9 Å². The van der Waals surface area contributed by atoms with Gasteiger partial charge in [-0.2, -0.15) is 0 Å². The van der Waals surface area contributed by atoms with Crippen molar-refractivity contribution >= 4 is 5.78 Å². The molecule has 1 aromatic carbocycles. The number of rotatable bonds is 3. The fourth-order valence-electron chi connectivity index (χ4n) is 2.50. The molecule has 0 aliphatic carbocycles. The molecule has 0 spiro atoms. The van der Waals surface area contributed by atoms with Gasteiger partial charge in [0.05, 0.1) is 0 Å². The average Bonchev–Trinajstić information content (AvgIpc) is 2.36. The quantitative estimate of drug-likeness (QED) is 0.796. The van der Waals surface area contributed by atoms with Crippen LogP contribution < -0.4 is 0 Å². The van der Waals surface area contributed by atoms with Crippen LogP contribution in [0.15, 0.2) is 30.3 Å². The number of piperidine rings is 1. The van der Waals surface area contributed by atoms with Gasteiger partial charge in [0.1, 0.15) is 5.78 Å². The van der Waals surface area contributed by atoms with Gasteiger partial charge in [-0.3, -0.25) is 9.69 Å². The first-order chi connectivity index (χ1) is 8.18. The summed E-state index contributed by atoms with van der Waals surface area (Å²) in [7, 11) is 0. The number of likely N-dealkylation sites (tertiary alicyclic amines) is 1. The normalized spacial score (nSPS) is 26.1. The molecule has 2 nitrogen and oxygen atoms in total. The Morgan fingerprint density at radius 1 is 1.24 bits per heavy atom. The zero-order valence-corrected chi connectivity index (χ0v) is 10.7. The summed E-state index contributed by atoms with van der Waals surface area (Å²) in [5.41, 5.74) is 1.38. The van der Waals surface area contributed by atoms with E-state index >= 15 is 0 Å². The summed E-state index contributed by atoms with van der Waals surface area (Å²) < 4.78 is 0. The first-order valence-electron chi connectivity index (χ1n) is 6.49. The Morgan fingerprint density at radius 2 is 1.94 bits per heavy atom. The summed E-state index contributed by atoms with van der Waals surface area (Å²) in [6.07, 6.45) is 1.80. The molecule has 2 atom stereocenters. The Balaban J connectivity index is 1.89. The summed E-state index contributed by atoms with van der Waals surface area (Å²) in [6, 6.07) is 10.9. The number of hydrogen-bond donors (Lipinski definition) is 0. The molecule has 92 valence electrons. The first-order valence-corrected chi connectivity index (χ1v) is 6.49. The van der Waals surface area contributed by atoms with E-state index in [2.05, 4.69) is 43.0 Å². The van der Waals surface area contributed by atoms with Gasteiger partial charge in [0.15, 0.2) is 0 Å². The number of carbonyl (C=O) groups excluding carboxylic acids is 1. The fourth-order valence-corrected chi connectivity index (χ4v) is 2.50. The Bertz CT molecular complexity index is 374. The molecular weight excluding hydrogens is 210 g/mol. The predicted octanol–water partition coefficient (Wildman–Crippen LogP) is 2.53. The second kappa shape index (κ2) is 5.46. The topological polar surface area (TPSA) is 20.3 Å². The van der Waals surface area contributed by atoms with Gasteiger partial charge in [0.25, 0.3) is 0 Å². The Labute approximate surface area is 104 Å². The largest absolute Gasteiger partial charge is 0.299 e. The van der Waals surface area contributed by atoms with Crippen molar-refractivity contribution in [2.75, 3.05) is 13.1 Å². The van der Waals surface area contributed by atoms with Crippen molar-refractivity contribution < 1.29 is 4.79 Å². The van der Waals surface area contributed by atoms with E-state index in [1.807, 2.05) is 6.07 Å². The number of carbonyl (C=O) groups is 1. The summed E-state index contributed by atoms with van der Waals surface area (Å²) in [5, 5.41) is 0. The number of benzene rings is 1. The maximum Gasteiger partial charge on any atom is 0.138 e. The highest BCUT2D eigenvalue weighted by Gasteiger charge is 2.30. The second-order valence-corrected chi connectivity index (χ2v) is 5.02. The Morgan fingerprint density at radius 3 is 2.65 bits per heavy atom. The third-order valence-electron chi connectivity index (χ3n) is 3.98. The molecule has 2 heteroatoms. The molecule has 0 amide bonds. The van der Waals surface area contributed by atoms with Crippen LogP contribution in [0, 0.1) is 5.92 Å². The van der Waals surface area contributed by atoms with Crippen LogP contribution in [0.1, 0.15) is 25.8 Å². The highest BCUT2D eigenvalue weighted by molar-refractivity contribution is 5.82. The SMILES string of the molecule is C[C@@H]1C(=O)CCN(CCc2ccccc2)[C@@H]1C. The van der Waals surface area contributed by atoms with Gasteiger partial charge < -0.3 is 0 Å². The van der Waals surface area contributed by atoms with Gasteiger partial charge in [-0.1, -0.05) is 37.3 Å². The van der Waals surface area contributed by atoms with E-state index in [9.17, 15) is 4.79 Å². The van der Waals surface area contributed by atoms with Gasteiger partial charge in [-0.15, -0.1) is 0 Å². The van der Waals surface area contributed by atoms with Crippen LogP contribution in [0.2, 0.25) is 0 Å². The molecule has 0 saturated carbocycles. The number of Topliss-reactive ketones (excluding diaryl/α,β-unsaturated/α-hetero) is 1. The van der Waals surface area contributed by atoms with Gasteiger partial charge in [0.2, 0.25) is 0 Å². The third-order valence-corrected chi connectivity index (χ3v) is 3.98. The molecule has 0 unspecified atom stereocenters. The minimum atomic E-state index is 0.194. The highest BCUT2D eigenvalue weighted by Crippen LogP contribution is 2.20. The highest BCUT2D eigenvalue weighted by atomic mass is 16.1. The zero-order chi connectivity index (χ0) is 12.3. The van der Waals surface area contributed by atoms with Crippen LogP contribution in [0.4, 0.5) is 0 Å². The lowest BCUT2D eigenvalue weighted by molar-refractivity contribution is -0.127. The molecule has 2 rings (SSSR count). The zero-order valence-electron chi connectivity index (χ0n) is 10.7. The Kier molecular flexibility index (Phi) is 3.95. The van der Waals surface area contributed by atoms with Crippen molar-refractivity contribution in [1.29, 1.82) is 0 Å². The molecule has 0 N–H and O–H groups in total. The van der Waals surface area contributed by atoms with E-state index < -0.39 is 0 Å². The summed E-state index contributed by atoms with van der Waals surface area (Å²) >= 11 is 0. The number of nitrogens with zero attached hydrogens (tertiary/aromatic N) is 1. The monoisotopic (exact) mass is 231 g/mol. The Hall–Kier alpha value is -1.15. The van der Waals surface area contributed by atoms with E-state index in [1.54, 1.807) is 0 Å². The molecule has 1 heterocycles. The maximum atomic E-state index is 11.6. The van der Waals surface area contributed by atoms with Gasteiger partial charge in [-0.25, -0.2) is 0 Å². The van der Waals surface area contributed by atoms with Crippen LogP contribution in [0.5, 0.6) is 0 Å². The minimum Gasteiger partial charge on any atom is -0.299 e. The van der Waals surface area contributed by atoms with Crippen LogP contribution >= 0.6 is 0 Å². The molecule has 1 aliphatic heterocycles. The lowest BCUT2D eigenvalue weighted by atomic mass is 9.90. The van der Waals surface area contributed by atoms with Crippen LogP contribution in [0.3, 0.4) is 0 Å². The third kappa shape index (κ3) is 2.95. The van der Waals surface area contributed by atoms with Gasteiger partial charge in [0, 0.05) is 31.5 Å². The van der Waals surface area contributed by atoms with Crippen molar-refractivity contribution in [3.8, 4) is 0 Å². The molecule has 0 radical (unpaired) electrons. The summed E-state index contributed by atoms with van der Waals surface area (Å²) in [4.78, 5) is 14.0. The van der Waals surface area contributed by atoms with Crippen LogP contribution in [-0.4, -0.2) is 29.8 Å². The molecule has 17 heavy (non-hydrogen) atoms. The van der Waals surface area contributed by atoms with E-state index in [4.69, 9.17) is 0 Å². The van der Waals surface area contributed by atoms with Crippen molar-refractivity contribution in [3.05, 3.63) is 35.9 Å². The molecule has 1 aliphatic rings. The lowest BCUT2D eigenvalue weighted by Crippen LogP contribution is -2.47. The first kappa shape index (κ1) is 12.3. The number of ketones is 1. The van der Waals surface area contributed by atoms with Crippen molar-refractivity contribution in [2.24, 2.45) is 5.92 Å². The van der Waals surface area contributed by atoms with Crippen LogP contribution in [0.25, 0.3) is 0 Å². The minimum absolute atomic E-state index is 0.194. The standard InChI is InChI=1S/C15H21NO/c1-12-13(2)16(11-9-15(12)17)10-8-14-6-4-3-5-7-14/h3-7,12-13H,8-11H2,1-2H3/t12-,13+/m0/s1. The molecule has 1 fully saturated rings. The molecular formula is C15H21NO. The van der Waals surface area contributed by atoms with Gasteiger partial charge >= 0.3 is 0 Å². The van der Waals surface area contributed by atoms with E-state index in [0.717, 1.165) is 25.9 Å². The van der Waals surface area contributed by atoms with Crippen molar-refractivity contribution in [3.63, 3.8) is 0 Å². The molecule has 0 bridgehead atoms. The maximum absolute atomic E-state index is 11.6. The predicted molar refractivity (Wildman–Crippen MR) is 70.0 cm³/mol. The lowest BCUT2D eigenvalue weighted by Gasteiger charge is -2.36. The van der Waals surface area contributed by atoms with Crippen LogP contribution in [-0.2, 0) is 11.2 Å². The van der Waals surface area contributed by atoms with E-state index in [0.29, 0.717) is 11.8 Å². The summed E-state index contributed by atoms with van der Waals surface area (Å²) in [5.74, 6) is 0.619. The van der Waals surface area contributed by atoms with E-state index in [-0.39, 0.29) is 5.92 Å². The summed E-state index contributed by atoms with van der Waals surface area (Å²) in [6.45, 7) is 6.22. The smallest absolute Gasteiger partial charge is 0.138 e. The second-order valence-electron chi connectivity index (χ2n) is 5.02. The molecule has 1 aromatic rings. The molecule has 1 saturated heterocycles. The molecule has 0 aromatic heterocycles. The van der Waals surface area contributed by atoms with Crippen molar-refractivity contribution in [1.82, 2.24) is 4.90 Å².